The minimum Gasteiger partial charge on any atom is -0.396 e. The van der Waals surface area contributed by atoms with Gasteiger partial charge in [-0.25, -0.2) is 0 Å². The minimum atomic E-state index is -0.187. The molecule has 1 heterocycles. The monoisotopic (exact) mass is 345 g/mol. The van der Waals surface area contributed by atoms with E-state index in [-0.39, 0.29) is 29.9 Å². The number of nitrogens with zero attached hydrogens (tertiary/aromatic N) is 2. The first-order valence-corrected chi connectivity index (χ1v) is 8.54. The molecule has 2 unspecified atom stereocenters. The van der Waals surface area contributed by atoms with Crippen molar-refractivity contribution in [2.24, 2.45) is 11.3 Å². The van der Waals surface area contributed by atoms with Gasteiger partial charge >= 0.3 is 0 Å². The Morgan fingerprint density at radius 2 is 2.04 bits per heavy atom. The van der Waals surface area contributed by atoms with Gasteiger partial charge in [-0.1, -0.05) is 45.0 Å². The van der Waals surface area contributed by atoms with E-state index >= 15 is 0 Å². The van der Waals surface area contributed by atoms with Crippen LogP contribution >= 0.6 is 0 Å². The summed E-state index contributed by atoms with van der Waals surface area (Å²) in [5.41, 5.74) is 1.32. The van der Waals surface area contributed by atoms with Gasteiger partial charge in [0.1, 0.15) is 0 Å². The predicted octanol–water partition coefficient (Wildman–Crippen LogP) is 3.07. The summed E-state index contributed by atoms with van der Waals surface area (Å²) in [6.45, 7) is 10.1. The van der Waals surface area contributed by atoms with Gasteiger partial charge in [0.2, 0.25) is 11.7 Å². The first-order chi connectivity index (χ1) is 11.7. The van der Waals surface area contributed by atoms with Gasteiger partial charge in [0.25, 0.3) is 5.91 Å². The van der Waals surface area contributed by atoms with E-state index in [2.05, 4.69) is 36.2 Å². The van der Waals surface area contributed by atoms with E-state index in [9.17, 15) is 9.90 Å². The molecule has 1 aromatic carbocycles. The van der Waals surface area contributed by atoms with Gasteiger partial charge in [0.15, 0.2) is 0 Å². The molecule has 0 spiro atoms. The molecule has 0 fully saturated rings. The van der Waals surface area contributed by atoms with Crippen LogP contribution in [0.4, 0.5) is 0 Å². The zero-order valence-electron chi connectivity index (χ0n) is 15.5. The van der Waals surface area contributed by atoms with Gasteiger partial charge < -0.3 is 14.9 Å². The third-order valence-corrected chi connectivity index (χ3v) is 4.03. The van der Waals surface area contributed by atoms with E-state index in [0.717, 1.165) is 5.56 Å². The van der Waals surface area contributed by atoms with Gasteiger partial charge in [0, 0.05) is 30.2 Å². The molecule has 2 aromatic rings. The lowest BCUT2D eigenvalue weighted by Crippen LogP contribution is -2.38. The normalized spacial score (nSPS) is 14.2. The summed E-state index contributed by atoms with van der Waals surface area (Å²) in [4.78, 5) is 16.8. The summed E-state index contributed by atoms with van der Waals surface area (Å²) in [5.74, 6) is 0.866. The van der Waals surface area contributed by atoms with Crippen LogP contribution in [0.1, 0.15) is 50.9 Å². The molecule has 0 saturated carbocycles. The average molecular weight is 345 g/mol. The molecule has 0 aliphatic carbocycles. The van der Waals surface area contributed by atoms with Gasteiger partial charge in [0.05, 0.1) is 0 Å². The van der Waals surface area contributed by atoms with E-state index in [4.69, 9.17) is 4.52 Å². The molecule has 0 bridgehead atoms. The van der Waals surface area contributed by atoms with Crippen LogP contribution in [0.5, 0.6) is 0 Å². The summed E-state index contributed by atoms with van der Waals surface area (Å²) in [7, 11) is 0. The van der Waals surface area contributed by atoms with Crippen LogP contribution in [0.25, 0.3) is 11.4 Å². The Hall–Kier alpha value is -2.21. The number of aromatic nitrogens is 2. The number of hydrogen-bond donors (Lipinski definition) is 2. The number of carbonyl (C=O) groups excluding carboxylic acids is 1. The first-order valence-electron chi connectivity index (χ1n) is 8.54. The molecule has 1 aromatic heterocycles. The SMILES string of the molecule is CC(CO)C(C)NC(=O)c1cccc(-c2noc(CC(C)(C)C)n2)c1. The fourth-order valence-corrected chi connectivity index (χ4v) is 2.29. The molecule has 6 heteroatoms. The van der Waals surface area contributed by atoms with Crippen molar-refractivity contribution in [3.63, 3.8) is 0 Å². The molecule has 1 amide bonds. The highest BCUT2D eigenvalue weighted by Crippen LogP contribution is 2.22. The maximum atomic E-state index is 12.4. The molecule has 2 rings (SSSR count). The Morgan fingerprint density at radius 1 is 1.32 bits per heavy atom. The van der Waals surface area contributed by atoms with Crippen molar-refractivity contribution in [1.82, 2.24) is 15.5 Å². The highest BCUT2D eigenvalue weighted by molar-refractivity contribution is 5.95. The molecule has 0 aliphatic heterocycles. The van der Waals surface area contributed by atoms with Crippen molar-refractivity contribution in [3.8, 4) is 11.4 Å². The molecular formula is C19H27N3O3. The summed E-state index contributed by atoms with van der Waals surface area (Å²) >= 11 is 0. The summed E-state index contributed by atoms with van der Waals surface area (Å²) < 4.78 is 5.32. The minimum absolute atomic E-state index is 0.00991. The standard InChI is InChI=1S/C19H27N3O3/c1-12(11-23)13(2)20-18(24)15-8-6-7-14(9-15)17-21-16(25-22-17)10-19(3,4)5/h6-9,12-13,23H,10-11H2,1-5H3,(H,20,24). The number of nitrogens with one attached hydrogen (secondary N) is 1. The third kappa shape index (κ3) is 5.39. The van der Waals surface area contributed by atoms with Crippen molar-refractivity contribution in [1.29, 1.82) is 0 Å². The summed E-state index contributed by atoms with van der Waals surface area (Å²) in [5, 5.41) is 16.1. The van der Waals surface area contributed by atoms with Crippen molar-refractivity contribution in [2.45, 2.75) is 47.1 Å². The molecule has 2 N–H and O–H groups in total. The molecule has 6 nitrogen and oxygen atoms in total. The third-order valence-electron chi connectivity index (χ3n) is 4.03. The summed E-state index contributed by atoms with van der Waals surface area (Å²) in [6.07, 6.45) is 0.691. The number of rotatable bonds is 6. The zero-order valence-corrected chi connectivity index (χ0v) is 15.5. The number of carbonyl (C=O) groups is 1. The summed E-state index contributed by atoms with van der Waals surface area (Å²) in [6, 6.07) is 7.01. The van der Waals surface area contributed by atoms with E-state index in [1.54, 1.807) is 18.2 Å². The molecule has 136 valence electrons. The number of hydrogen-bond acceptors (Lipinski definition) is 5. The Balaban J connectivity index is 2.15. The molecule has 0 saturated heterocycles. The van der Waals surface area contributed by atoms with Gasteiger partial charge in [-0.05, 0) is 30.4 Å². The fourth-order valence-electron chi connectivity index (χ4n) is 2.29. The second-order valence-corrected chi connectivity index (χ2v) is 7.75. The smallest absolute Gasteiger partial charge is 0.251 e. The quantitative estimate of drug-likeness (QED) is 0.840. The lowest BCUT2D eigenvalue weighted by molar-refractivity contribution is 0.0916. The highest BCUT2D eigenvalue weighted by Gasteiger charge is 2.19. The van der Waals surface area contributed by atoms with Crippen molar-refractivity contribution >= 4 is 5.91 Å². The lowest BCUT2D eigenvalue weighted by atomic mass is 9.92. The molecule has 0 radical (unpaired) electrons. The van der Waals surface area contributed by atoms with Crippen molar-refractivity contribution < 1.29 is 14.4 Å². The Morgan fingerprint density at radius 3 is 2.68 bits per heavy atom. The van der Waals surface area contributed by atoms with Crippen LogP contribution in [0.15, 0.2) is 28.8 Å². The number of benzene rings is 1. The van der Waals surface area contributed by atoms with Crippen molar-refractivity contribution in [2.75, 3.05) is 6.61 Å². The van der Waals surface area contributed by atoms with Crippen LogP contribution in [-0.4, -0.2) is 33.8 Å². The average Bonchev–Trinajstić information content (AvgIpc) is 3.00. The fraction of sp³-hybridized carbons (Fsp3) is 0.526. The van der Waals surface area contributed by atoms with E-state index in [1.165, 1.54) is 0 Å². The number of aliphatic hydroxyl groups is 1. The van der Waals surface area contributed by atoms with Crippen LogP contribution in [0, 0.1) is 11.3 Å². The molecule has 2 atom stereocenters. The Labute approximate surface area is 148 Å². The number of aliphatic hydroxyl groups excluding tert-OH is 1. The Kier molecular flexibility index (Phi) is 5.95. The number of amides is 1. The van der Waals surface area contributed by atoms with Crippen LogP contribution < -0.4 is 5.32 Å². The first kappa shape index (κ1) is 19.1. The van der Waals surface area contributed by atoms with E-state index in [0.29, 0.717) is 23.7 Å². The Bertz CT molecular complexity index is 719. The second-order valence-electron chi connectivity index (χ2n) is 7.75. The van der Waals surface area contributed by atoms with Gasteiger partial charge in [-0.15, -0.1) is 0 Å². The maximum Gasteiger partial charge on any atom is 0.251 e. The van der Waals surface area contributed by atoms with Gasteiger partial charge in [-0.2, -0.15) is 4.98 Å². The molecular weight excluding hydrogens is 318 g/mol. The van der Waals surface area contributed by atoms with Crippen LogP contribution in [0.3, 0.4) is 0 Å². The van der Waals surface area contributed by atoms with E-state index in [1.807, 2.05) is 19.9 Å². The molecule has 25 heavy (non-hydrogen) atoms. The second kappa shape index (κ2) is 7.78. The molecule has 0 aliphatic rings. The highest BCUT2D eigenvalue weighted by atomic mass is 16.5. The maximum absolute atomic E-state index is 12.4. The lowest BCUT2D eigenvalue weighted by Gasteiger charge is -2.19. The topological polar surface area (TPSA) is 88.2 Å². The van der Waals surface area contributed by atoms with Crippen molar-refractivity contribution in [3.05, 3.63) is 35.7 Å². The van der Waals surface area contributed by atoms with Crippen LogP contribution in [0.2, 0.25) is 0 Å². The van der Waals surface area contributed by atoms with Gasteiger partial charge in [-0.3, -0.25) is 4.79 Å². The predicted molar refractivity (Wildman–Crippen MR) is 96.1 cm³/mol. The largest absolute Gasteiger partial charge is 0.396 e. The zero-order chi connectivity index (χ0) is 18.6. The van der Waals surface area contributed by atoms with E-state index < -0.39 is 0 Å². The van der Waals surface area contributed by atoms with Crippen LogP contribution in [-0.2, 0) is 6.42 Å².